The van der Waals surface area contributed by atoms with E-state index in [4.69, 9.17) is 0 Å². The Hall–Kier alpha value is -2.67. The summed E-state index contributed by atoms with van der Waals surface area (Å²) in [5.41, 5.74) is 2.26. The van der Waals surface area contributed by atoms with Gasteiger partial charge >= 0.3 is 0 Å². The van der Waals surface area contributed by atoms with Gasteiger partial charge in [0, 0.05) is 37.7 Å². The Morgan fingerprint density at radius 2 is 1.61 bits per heavy atom. The maximum absolute atomic E-state index is 13.1. The van der Waals surface area contributed by atoms with Gasteiger partial charge in [-0.25, -0.2) is 0 Å². The van der Waals surface area contributed by atoms with Gasteiger partial charge in [-0.05, 0) is 47.9 Å². The monoisotopic (exact) mass is 439 g/mol. The highest BCUT2D eigenvalue weighted by atomic mass is 32.1. The summed E-state index contributed by atoms with van der Waals surface area (Å²) in [6.45, 7) is 6.43. The van der Waals surface area contributed by atoms with Crippen LogP contribution in [0.5, 0.6) is 0 Å². The van der Waals surface area contributed by atoms with Crippen LogP contribution in [0.1, 0.15) is 65.3 Å². The second-order valence-corrected chi connectivity index (χ2v) is 9.56. The van der Waals surface area contributed by atoms with Crippen molar-refractivity contribution in [1.82, 2.24) is 9.80 Å². The van der Waals surface area contributed by atoms with Gasteiger partial charge in [0.1, 0.15) is 5.00 Å². The Morgan fingerprint density at radius 1 is 0.968 bits per heavy atom. The molecule has 1 aliphatic heterocycles. The molecule has 2 heterocycles. The second-order valence-electron chi connectivity index (χ2n) is 8.64. The largest absolute Gasteiger partial charge is 0.339 e. The van der Waals surface area contributed by atoms with Crippen LogP contribution in [0.2, 0.25) is 0 Å². The van der Waals surface area contributed by atoms with Gasteiger partial charge in [0.2, 0.25) is 5.91 Å². The molecule has 1 aromatic carbocycles. The Labute approximate surface area is 187 Å². The maximum Gasteiger partial charge on any atom is 0.256 e. The summed E-state index contributed by atoms with van der Waals surface area (Å²) in [5, 5.41) is 5.29. The molecular formula is C24H29N3O3S. The van der Waals surface area contributed by atoms with Crippen molar-refractivity contribution in [1.29, 1.82) is 0 Å². The van der Waals surface area contributed by atoms with Crippen LogP contribution in [0.4, 0.5) is 5.00 Å². The number of piperazine rings is 1. The molecule has 1 aromatic heterocycles. The van der Waals surface area contributed by atoms with E-state index in [0.29, 0.717) is 48.2 Å². The first kappa shape index (κ1) is 21.6. The first-order chi connectivity index (χ1) is 14.9. The molecule has 0 bridgehead atoms. The number of anilines is 1. The van der Waals surface area contributed by atoms with Gasteiger partial charge in [-0.3, -0.25) is 14.4 Å². The lowest BCUT2D eigenvalue weighted by atomic mass is 9.84. The van der Waals surface area contributed by atoms with Crippen LogP contribution in [-0.2, 0) is 4.79 Å². The number of benzene rings is 1. The molecular weight excluding hydrogens is 410 g/mol. The number of thiophene rings is 1. The van der Waals surface area contributed by atoms with Crippen molar-refractivity contribution in [2.75, 3.05) is 31.5 Å². The van der Waals surface area contributed by atoms with Crippen molar-refractivity contribution < 1.29 is 14.4 Å². The molecule has 1 N–H and O–H groups in total. The summed E-state index contributed by atoms with van der Waals surface area (Å²) in [7, 11) is 0. The van der Waals surface area contributed by atoms with E-state index in [1.165, 1.54) is 16.9 Å². The lowest BCUT2D eigenvalue weighted by Crippen LogP contribution is -2.52. The van der Waals surface area contributed by atoms with E-state index >= 15 is 0 Å². The van der Waals surface area contributed by atoms with Gasteiger partial charge in [-0.1, -0.05) is 32.4 Å². The van der Waals surface area contributed by atoms with Crippen molar-refractivity contribution in [3.8, 4) is 0 Å². The maximum atomic E-state index is 13.1. The third kappa shape index (κ3) is 4.66. The molecule has 1 aliphatic carbocycles. The van der Waals surface area contributed by atoms with Crippen molar-refractivity contribution >= 4 is 34.1 Å². The third-order valence-corrected chi connectivity index (χ3v) is 7.13. The van der Waals surface area contributed by atoms with E-state index in [0.717, 1.165) is 19.3 Å². The molecule has 164 valence electrons. The minimum atomic E-state index is -0.220. The summed E-state index contributed by atoms with van der Waals surface area (Å²) >= 11 is 1.35. The number of carbonyl (C=O) groups is 3. The van der Waals surface area contributed by atoms with E-state index in [1.54, 1.807) is 11.0 Å². The summed E-state index contributed by atoms with van der Waals surface area (Å²) in [4.78, 5) is 41.9. The Balaban J connectivity index is 1.37. The van der Waals surface area contributed by atoms with Crippen LogP contribution >= 0.6 is 11.3 Å². The van der Waals surface area contributed by atoms with Crippen LogP contribution in [0.15, 0.2) is 35.7 Å². The van der Waals surface area contributed by atoms with Crippen LogP contribution in [0, 0.1) is 5.92 Å². The zero-order valence-corrected chi connectivity index (χ0v) is 18.9. The van der Waals surface area contributed by atoms with Crippen molar-refractivity contribution in [3.63, 3.8) is 0 Å². The average Bonchev–Trinajstić information content (AvgIpc) is 3.20. The fraction of sp³-hybridized carbons (Fsp3) is 0.458. The van der Waals surface area contributed by atoms with Crippen LogP contribution in [-0.4, -0.2) is 53.7 Å². The van der Waals surface area contributed by atoms with E-state index in [9.17, 15) is 14.4 Å². The Morgan fingerprint density at radius 3 is 2.19 bits per heavy atom. The molecule has 6 nitrogen and oxygen atoms in total. The van der Waals surface area contributed by atoms with E-state index in [1.807, 2.05) is 34.5 Å². The quantitative estimate of drug-likeness (QED) is 0.759. The molecule has 0 radical (unpaired) electrons. The van der Waals surface area contributed by atoms with Gasteiger partial charge in [0.05, 0.1) is 5.56 Å². The molecule has 0 spiro atoms. The van der Waals surface area contributed by atoms with Gasteiger partial charge in [-0.15, -0.1) is 11.3 Å². The number of amides is 3. The predicted octanol–water partition coefficient (Wildman–Crippen LogP) is 4.21. The number of nitrogens with zero attached hydrogens (tertiary/aromatic N) is 2. The average molecular weight is 440 g/mol. The van der Waals surface area contributed by atoms with Gasteiger partial charge < -0.3 is 15.1 Å². The minimum Gasteiger partial charge on any atom is -0.339 e. The smallest absolute Gasteiger partial charge is 0.256 e. The zero-order valence-electron chi connectivity index (χ0n) is 18.1. The van der Waals surface area contributed by atoms with Gasteiger partial charge in [0.25, 0.3) is 11.8 Å². The molecule has 2 aromatic rings. The molecule has 2 aliphatic rings. The molecule has 0 atom stereocenters. The summed E-state index contributed by atoms with van der Waals surface area (Å²) < 4.78 is 0. The lowest BCUT2D eigenvalue weighted by molar-refractivity contribution is -0.139. The fourth-order valence-corrected chi connectivity index (χ4v) is 4.76. The molecule has 1 saturated carbocycles. The number of hydrogen-bond donors (Lipinski definition) is 1. The number of nitrogens with one attached hydrogen (secondary N) is 1. The number of rotatable bonds is 5. The van der Waals surface area contributed by atoms with Crippen molar-refractivity contribution in [2.24, 2.45) is 5.92 Å². The fourth-order valence-electron chi connectivity index (χ4n) is 3.98. The molecule has 3 amide bonds. The van der Waals surface area contributed by atoms with Crippen LogP contribution in [0.25, 0.3) is 0 Å². The van der Waals surface area contributed by atoms with Crippen LogP contribution in [0.3, 0.4) is 0 Å². The topological polar surface area (TPSA) is 69.7 Å². The summed E-state index contributed by atoms with van der Waals surface area (Å²) in [6, 6.07) is 9.32. The van der Waals surface area contributed by atoms with E-state index in [2.05, 4.69) is 19.2 Å². The minimum absolute atomic E-state index is 0.0950. The number of carbonyl (C=O) groups excluding carboxylic acids is 3. The summed E-state index contributed by atoms with van der Waals surface area (Å²) in [5.74, 6) is 0.522. The first-order valence-corrected chi connectivity index (χ1v) is 11.9. The molecule has 1 saturated heterocycles. The summed E-state index contributed by atoms with van der Waals surface area (Å²) in [6.07, 6.45) is 3.13. The second kappa shape index (κ2) is 9.22. The third-order valence-electron chi connectivity index (χ3n) is 6.30. The highest BCUT2D eigenvalue weighted by Crippen LogP contribution is 2.29. The molecule has 2 fully saturated rings. The highest BCUT2D eigenvalue weighted by molar-refractivity contribution is 7.14. The predicted molar refractivity (Wildman–Crippen MR) is 123 cm³/mol. The first-order valence-electron chi connectivity index (χ1n) is 11.0. The molecule has 7 heteroatoms. The van der Waals surface area contributed by atoms with Gasteiger partial charge in [-0.2, -0.15) is 0 Å². The molecule has 4 rings (SSSR count). The van der Waals surface area contributed by atoms with Crippen LogP contribution < -0.4 is 5.32 Å². The highest BCUT2D eigenvalue weighted by Gasteiger charge is 2.32. The van der Waals surface area contributed by atoms with Crippen molar-refractivity contribution in [3.05, 3.63) is 52.4 Å². The Bertz CT molecular complexity index is 955. The lowest BCUT2D eigenvalue weighted by Gasteiger charge is -2.38. The standard InChI is InChI=1S/C24H29N3O3S/c1-16(2)17-6-8-18(9-7-17)21(28)25-22-20(10-15-31-22)24(30)27-13-11-26(12-14-27)23(29)19-4-3-5-19/h6-10,15-16,19H,3-5,11-14H2,1-2H3,(H,25,28). The Kier molecular flexibility index (Phi) is 6.41. The molecule has 0 unspecified atom stereocenters. The zero-order chi connectivity index (χ0) is 22.0. The van der Waals surface area contributed by atoms with E-state index in [-0.39, 0.29) is 23.6 Å². The molecule has 31 heavy (non-hydrogen) atoms. The number of hydrogen-bond acceptors (Lipinski definition) is 4. The van der Waals surface area contributed by atoms with E-state index < -0.39 is 0 Å². The normalized spacial score (nSPS) is 16.9. The SMILES string of the molecule is CC(C)c1ccc(C(=O)Nc2sccc2C(=O)N2CCN(C(=O)C3CCC3)CC2)cc1. The van der Waals surface area contributed by atoms with Gasteiger partial charge in [0.15, 0.2) is 0 Å². The van der Waals surface area contributed by atoms with Crippen molar-refractivity contribution in [2.45, 2.75) is 39.0 Å².